The van der Waals surface area contributed by atoms with E-state index in [2.05, 4.69) is 5.32 Å². The smallest absolute Gasteiger partial charge is 0.340 e. The van der Waals surface area contributed by atoms with Crippen LogP contribution < -0.4 is 10.1 Å². The number of ether oxygens (including phenoxy) is 2. The Hall–Kier alpha value is -4.36. The van der Waals surface area contributed by atoms with E-state index in [0.29, 0.717) is 47.6 Å². The molecule has 0 unspecified atom stereocenters. The lowest BCUT2D eigenvalue weighted by Crippen LogP contribution is -2.33. The maximum absolute atomic E-state index is 13.2. The largest absolute Gasteiger partial charge is 0.456 e. The molecule has 1 N–H and O–H groups in total. The van der Waals surface area contributed by atoms with Crippen molar-refractivity contribution in [2.45, 2.75) is 23.3 Å². The van der Waals surface area contributed by atoms with Crippen LogP contribution >= 0.6 is 11.8 Å². The third-order valence-electron chi connectivity index (χ3n) is 6.70. The molecule has 0 aliphatic carbocycles. The molecule has 0 radical (unpaired) electrons. The molecule has 7 heteroatoms. The van der Waals surface area contributed by atoms with Crippen LogP contribution in [0.4, 0.5) is 0 Å². The van der Waals surface area contributed by atoms with Crippen LogP contribution in [-0.4, -0.2) is 23.5 Å². The number of carbonyl (C=O) groups excluding carboxylic acids is 3. The van der Waals surface area contributed by atoms with Gasteiger partial charge in [0, 0.05) is 40.1 Å². The van der Waals surface area contributed by atoms with Gasteiger partial charge in [-0.25, -0.2) is 4.79 Å². The molecule has 1 spiro atoms. The molecule has 4 aromatic carbocycles. The highest BCUT2D eigenvalue weighted by molar-refractivity contribution is 8.13. The molecule has 2 aliphatic rings. The van der Waals surface area contributed by atoms with E-state index in [4.69, 9.17) is 9.47 Å². The second kappa shape index (κ2) is 9.84. The minimum absolute atomic E-state index is 0.0491. The molecule has 0 atom stereocenters. The van der Waals surface area contributed by atoms with Crippen molar-refractivity contribution in [2.75, 3.05) is 6.54 Å². The van der Waals surface area contributed by atoms with E-state index < -0.39 is 11.6 Å². The summed E-state index contributed by atoms with van der Waals surface area (Å²) >= 11 is 1.20. The molecule has 6 nitrogen and oxygen atoms in total. The van der Waals surface area contributed by atoms with E-state index in [-0.39, 0.29) is 11.0 Å². The highest BCUT2D eigenvalue weighted by atomic mass is 32.2. The number of nitrogens with one attached hydrogen (secondary N) is 1. The monoisotopic (exact) mass is 521 g/mol. The highest BCUT2D eigenvalue weighted by Crippen LogP contribution is 2.55. The molecule has 0 fully saturated rings. The third kappa shape index (κ3) is 4.15. The van der Waals surface area contributed by atoms with E-state index in [0.717, 1.165) is 16.0 Å². The number of carbonyl (C=O) groups is 3. The van der Waals surface area contributed by atoms with Crippen molar-refractivity contribution in [2.24, 2.45) is 0 Å². The van der Waals surface area contributed by atoms with Crippen molar-refractivity contribution in [1.29, 1.82) is 0 Å². The molecule has 0 saturated heterocycles. The zero-order chi connectivity index (χ0) is 26.1. The van der Waals surface area contributed by atoms with Crippen molar-refractivity contribution in [3.8, 4) is 11.5 Å². The fourth-order valence-electron chi connectivity index (χ4n) is 4.97. The number of fused-ring (bicyclic) bond motifs is 6. The van der Waals surface area contributed by atoms with Gasteiger partial charge >= 0.3 is 5.97 Å². The van der Waals surface area contributed by atoms with E-state index in [1.54, 1.807) is 18.2 Å². The standard InChI is InChI=1S/C31H23NO5S/c33-28(38-21-9-2-1-3-10-21)15-8-18-32-29(34)20-16-17-23-22(19-20)30(35)37-31(23)24-11-4-6-13-26(24)36-27-14-7-5-12-25(27)31/h1-7,9-14,16-17,19H,8,15,18H2,(H,32,34). The van der Waals surface area contributed by atoms with Crippen LogP contribution in [-0.2, 0) is 15.1 Å². The van der Waals surface area contributed by atoms with Crippen molar-refractivity contribution < 1.29 is 23.9 Å². The number of para-hydroxylation sites is 2. The Balaban J connectivity index is 1.20. The number of rotatable bonds is 6. The highest BCUT2D eigenvalue weighted by Gasteiger charge is 2.53. The maximum atomic E-state index is 13.2. The van der Waals surface area contributed by atoms with Gasteiger partial charge in [0.15, 0.2) is 10.7 Å². The number of amides is 1. The summed E-state index contributed by atoms with van der Waals surface area (Å²) < 4.78 is 12.2. The Labute approximate surface area is 224 Å². The summed E-state index contributed by atoms with van der Waals surface area (Å²) in [6.45, 7) is 0.351. The van der Waals surface area contributed by atoms with Gasteiger partial charge in [-0.1, -0.05) is 72.4 Å². The van der Waals surface area contributed by atoms with Crippen molar-refractivity contribution >= 4 is 28.8 Å². The van der Waals surface area contributed by atoms with Gasteiger partial charge in [0.05, 0.1) is 5.56 Å². The molecule has 38 heavy (non-hydrogen) atoms. The van der Waals surface area contributed by atoms with Gasteiger partial charge in [0.25, 0.3) is 5.91 Å². The van der Waals surface area contributed by atoms with Crippen LogP contribution in [0.2, 0.25) is 0 Å². The number of hydrogen-bond acceptors (Lipinski definition) is 6. The lowest BCUT2D eigenvalue weighted by molar-refractivity contribution is -0.111. The lowest BCUT2D eigenvalue weighted by Gasteiger charge is -2.36. The molecule has 0 saturated carbocycles. The second-order valence-electron chi connectivity index (χ2n) is 9.07. The zero-order valence-electron chi connectivity index (χ0n) is 20.3. The Kier molecular flexibility index (Phi) is 6.21. The van der Waals surface area contributed by atoms with Crippen molar-refractivity contribution in [3.63, 3.8) is 0 Å². The van der Waals surface area contributed by atoms with Crippen LogP contribution in [0.5, 0.6) is 11.5 Å². The minimum atomic E-state index is -1.15. The normalized spacial score (nSPS) is 14.1. The maximum Gasteiger partial charge on any atom is 0.340 e. The summed E-state index contributed by atoms with van der Waals surface area (Å²) in [5.41, 5.74) is 1.70. The van der Waals surface area contributed by atoms with Gasteiger partial charge in [-0.15, -0.1) is 0 Å². The molecule has 6 rings (SSSR count). The van der Waals surface area contributed by atoms with Crippen LogP contribution in [0.1, 0.15) is 50.2 Å². The quantitative estimate of drug-likeness (QED) is 0.188. The van der Waals surface area contributed by atoms with Crippen LogP contribution in [0, 0.1) is 0 Å². The molecule has 2 heterocycles. The summed E-state index contributed by atoms with van der Waals surface area (Å²) in [5.74, 6) is 0.435. The lowest BCUT2D eigenvalue weighted by atomic mass is 9.77. The van der Waals surface area contributed by atoms with Crippen molar-refractivity contribution in [3.05, 3.63) is 125 Å². The van der Waals surface area contributed by atoms with Gasteiger partial charge < -0.3 is 14.8 Å². The third-order valence-corrected chi connectivity index (χ3v) is 7.64. The molecule has 0 aromatic heterocycles. The number of benzene rings is 4. The number of esters is 1. The number of hydrogen-bond donors (Lipinski definition) is 1. The molecule has 1 amide bonds. The first-order valence-corrected chi connectivity index (χ1v) is 13.2. The van der Waals surface area contributed by atoms with Crippen LogP contribution in [0.25, 0.3) is 0 Å². The predicted molar refractivity (Wildman–Crippen MR) is 144 cm³/mol. The SMILES string of the molecule is O=C(CCCNC(=O)c1ccc2c(c1)C(=O)OC21c2ccccc2Oc2ccccc21)Sc1ccccc1. The molecule has 188 valence electrons. The van der Waals surface area contributed by atoms with Crippen LogP contribution in [0.3, 0.4) is 0 Å². The van der Waals surface area contributed by atoms with Gasteiger partial charge in [-0.2, -0.15) is 0 Å². The number of thioether (sulfide) groups is 1. The van der Waals surface area contributed by atoms with Gasteiger partial charge in [0.2, 0.25) is 0 Å². The summed E-state index contributed by atoms with van der Waals surface area (Å²) in [4.78, 5) is 39.2. The summed E-state index contributed by atoms with van der Waals surface area (Å²) in [6, 6.07) is 29.6. The average molecular weight is 522 g/mol. The first-order chi connectivity index (χ1) is 18.6. The molecule has 0 bridgehead atoms. The summed E-state index contributed by atoms with van der Waals surface area (Å²) in [7, 11) is 0. The fourth-order valence-corrected chi connectivity index (χ4v) is 5.78. The molecule has 4 aromatic rings. The Morgan fingerprint density at radius 3 is 2.16 bits per heavy atom. The van der Waals surface area contributed by atoms with E-state index >= 15 is 0 Å². The summed E-state index contributed by atoms with van der Waals surface area (Å²) in [6.07, 6.45) is 0.869. The Bertz CT molecular complexity index is 1520. The fraction of sp³-hybridized carbons (Fsp3) is 0.129. The average Bonchev–Trinajstić information content (AvgIpc) is 3.24. The van der Waals surface area contributed by atoms with E-state index in [9.17, 15) is 14.4 Å². The first kappa shape index (κ1) is 24.0. The minimum Gasteiger partial charge on any atom is -0.456 e. The first-order valence-electron chi connectivity index (χ1n) is 12.3. The molecule has 2 aliphatic heterocycles. The van der Waals surface area contributed by atoms with E-state index in [1.165, 1.54) is 11.8 Å². The van der Waals surface area contributed by atoms with Crippen molar-refractivity contribution in [1.82, 2.24) is 5.32 Å². The molecular formula is C31H23NO5S. The second-order valence-corrected chi connectivity index (χ2v) is 10.2. The van der Waals surface area contributed by atoms with Crippen LogP contribution in [0.15, 0.2) is 102 Å². The Morgan fingerprint density at radius 1 is 0.789 bits per heavy atom. The van der Waals surface area contributed by atoms with Gasteiger partial charge in [0.1, 0.15) is 11.5 Å². The zero-order valence-corrected chi connectivity index (χ0v) is 21.1. The molecular weight excluding hydrogens is 498 g/mol. The predicted octanol–water partition coefficient (Wildman–Crippen LogP) is 6.08. The summed E-state index contributed by atoms with van der Waals surface area (Å²) in [5, 5.41) is 2.90. The Morgan fingerprint density at radius 2 is 1.45 bits per heavy atom. The topological polar surface area (TPSA) is 81.7 Å². The van der Waals surface area contributed by atoms with Gasteiger partial charge in [-0.3, -0.25) is 9.59 Å². The van der Waals surface area contributed by atoms with Gasteiger partial charge in [-0.05, 0) is 42.8 Å². The van der Waals surface area contributed by atoms with E-state index in [1.807, 2.05) is 78.9 Å².